The summed E-state index contributed by atoms with van der Waals surface area (Å²) in [6, 6.07) is 5.64. The van der Waals surface area contributed by atoms with Crippen molar-refractivity contribution in [3.8, 4) is 0 Å². The molecule has 0 atom stereocenters. The van der Waals surface area contributed by atoms with Gasteiger partial charge in [-0.25, -0.2) is 0 Å². The Bertz CT molecular complexity index is 655. The van der Waals surface area contributed by atoms with Crippen LogP contribution in [0.15, 0.2) is 47.9 Å². The predicted molar refractivity (Wildman–Crippen MR) is 65.8 cm³/mol. The molecule has 1 heterocycles. The second kappa shape index (κ2) is 4.79. The Morgan fingerprint density at radius 2 is 1.58 bits per heavy atom. The number of hydrogen-bond acceptors (Lipinski definition) is 5. The number of carbonyl (C=O) groups excluding carboxylic acids is 2. The molecule has 0 saturated heterocycles. The summed E-state index contributed by atoms with van der Waals surface area (Å²) < 4.78 is 28.2. The van der Waals surface area contributed by atoms with E-state index in [1.807, 2.05) is 0 Å². The largest absolute Gasteiger partial charge is 0.318 e. The van der Waals surface area contributed by atoms with E-state index < -0.39 is 21.9 Å². The summed E-state index contributed by atoms with van der Waals surface area (Å²) in [6.07, 6.45) is 3.41. The molecule has 7 heteroatoms. The van der Waals surface area contributed by atoms with Crippen molar-refractivity contribution in [1.29, 1.82) is 0 Å². The van der Waals surface area contributed by atoms with E-state index in [1.165, 1.54) is 24.3 Å². The lowest BCUT2D eigenvalue weighted by molar-refractivity contribution is -0.161. The molecule has 1 aliphatic heterocycles. The first-order valence-electron chi connectivity index (χ1n) is 5.17. The maximum Gasteiger partial charge on any atom is 0.318 e. The minimum Gasteiger partial charge on any atom is -0.267 e. The van der Waals surface area contributed by atoms with E-state index in [0.29, 0.717) is 0 Å². The van der Waals surface area contributed by atoms with Gasteiger partial charge in [-0.15, -0.1) is 9.35 Å². The lowest BCUT2D eigenvalue weighted by Gasteiger charge is -2.12. The van der Waals surface area contributed by atoms with Gasteiger partial charge < -0.3 is 0 Å². The molecule has 2 rings (SSSR count). The highest BCUT2D eigenvalue weighted by atomic mass is 32.2. The first-order chi connectivity index (χ1) is 8.94. The zero-order chi connectivity index (χ0) is 14.0. The highest BCUT2D eigenvalue weighted by Crippen LogP contribution is 2.17. The van der Waals surface area contributed by atoms with E-state index in [4.69, 9.17) is 0 Å². The van der Waals surface area contributed by atoms with E-state index in [1.54, 1.807) is 6.08 Å². The number of carbonyl (C=O) groups is 2. The molecule has 19 heavy (non-hydrogen) atoms. The number of nitrogens with zero attached hydrogens (tertiary/aromatic N) is 1. The number of hydroxylamine groups is 2. The smallest absolute Gasteiger partial charge is 0.267 e. The SMILES string of the molecule is C=Cc1ccc(S(=O)(=O)ON2C(=O)C=CC2=O)cc1. The van der Waals surface area contributed by atoms with Gasteiger partial charge in [0, 0.05) is 12.2 Å². The Kier molecular flexibility index (Phi) is 3.32. The molecule has 0 spiro atoms. The van der Waals surface area contributed by atoms with Gasteiger partial charge in [-0.1, -0.05) is 24.8 Å². The van der Waals surface area contributed by atoms with Crippen LogP contribution < -0.4 is 0 Å². The summed E-state index contributed by atoms with van der Waals surface area (Å²) >= 11 is 0. The zero-order valence-corrected chi connectivity index (χ0v) is 10.5. The first-order valence-corrected chi connectivity index (χ1v) is 6.58. The lowest BCUT2D eigenvalue weighted by Crippen LogP contribution is -2.32. The zero-order valence-electron chi connectivity index (χ0n) is 9.65. The molecule has 0 unspecified atom stereocenters. The van der Waals surface area contributed by atoms with Crippen LogP contribution in [0.2, 0.25) is 0 Å². The fourth-order valence-corrected chi connectivity index (χ4v) is 2.27. The Balaban J connectivity index is 2.25. The van der Waals surface area contributed by atoms with Gasteiger partial charge in [-0.05, 0) is 17.7 Å². The third kappa shape index (κ3) is 2.61. The van der Waals surface area contributed by atoms with E-state index in [9.17, 15) is 18.0 Å². The fourth-order valence-electron chi connectivity index (χ4n) is 1.37. The number of benzene rings is 1. The standard InChI is InChI=1S/C12H9NO5S/c1-2-9-3-5-10(6-4-9)19(16,17)18-13-11(14)7-8-12(13)15/h2-8H,1H2. The molecule has 0 fully saturated rings. The van der Waals surface area contributed by atoms with Crippen molar-refractivity contribution < 1.29 is 22.3 Å². The monoisotopic (exact) mass is 279 g/mol. The van der Waals surface area contributed by atoms with Crippen molar-refractivity contribution >= 4 is 28.0 Å². The first kappa shape index (κ1) is 13.2. The summed E-state index contributed by atoms with van der Waals surface area (Å²) in [6.45, 7) is 3.54. The van der Waals surface area contributed by atoms with Gasteiger partial charge in [0.1, 0.15) is 0 Å². The number of amides is 2. The van der Waals surface area contributed by atoms with E-state index in [0.717, 1.165) is 17.7 Å². The van der Waals surface area contributed by atoms with Crippen molar-refractivity contribution in [2.75, 3.05) is 0 Å². The van der Waals surface area contributed by atoms with Gasteiger partial charge in [-0.2, -0.15) is 8.42 Å². The third-order valence-corrected chi connectivity index (χ3v) is 3.54. The Morgan fingerprint density at radius 1 is 1.05 bits per heavy atom. The van der Waals surface area contributed by atoms with Crippen LogP contribution in [-0.4, -0.2) is 25.3 Å². The molecule has 0 bridgehead atoms. The van der Waals surface area contributed by atoms with Crippen LogP contribution in [0.4, 0.5) is 0 Å². The average molecular weight is 279 g/mol. The quantitative estimate of drug-likeness (QED) is 0.764. The minimum absolute atomic E-state index is 0.161. The summed E-state index contributed by atoms with van der Waals surface area (Å²) in [7, 11) is -4.22. The summed E-state index contributed by atoms with van der Waals surface area (Å²) in [4.78, 5) is 22.3. The molecule has 0 saturated carbocycles. The minimum atomic E-state index is -4.22. The second-order valence-electron chi connectivity index (χ2n) is 3.61. The lowest BCUT2D eigenvalue weighted by atomic mass is 10.2. The van der Waals surface area contributed by atoms with Gasteiger partial charge in [0.25, 0.3) is 11.8 Å². The molecule has 1 aliphatic rings. The van der Waals surface area contributed by atoms with Crippen molar-refractivity contribution in [3.05, 3.63) is 48.6 Å². The van der Waals surface area contributed by atoms with Crippen LogP contribution >= 0.6 is 0 Å². The molecular formula is C12H9NO5S. The maximum absolute atomic E-state index is 11.9. The van der Waals surface area contributed by atoms with Crippen LogP contribution in [0.25, 0.3) is 6.08 Å². The number of hydrogen-bond donors (Lipinski definition) is 0. The molecule has 0 aromatic heterocycles. The van der Waals surface area contributed by atoms with Crippen molar-refractivity contribution in [3.63, 3.8) is 0 Å². The van der Waals surface area contributed by atoms with Crippen molar-refractivity contribution in [1.82, 2.24) is 5.06 Å². The van der Waals surface area contributed by atoms with Crippen LogP contribution in [0, 0.1) is 0 Å². The van der Waals surface area contributed by atoms with Gasteiger partial charge in [0.05, 0.1) is 4.90 Å². The molecule has 1 aromatic carbocycles. The number of rotatable bonds is 4. The topological polar surface area (TPSA) is 80.8 Å². The van der Waals surface area contributed by atoms with Crippen LogP contribution in [0.5, 0.6) is 0 Å². The van der Waals surface area contributed by atoms with E-state index in [-0.39, 0.29) is 9.96 Å². The molecule has 2 amide bonds. The van der Waals surface area contributed by atoms with E-state index in [2.05, 4.69) is 10.9 Å². The molecular weight excluding hydrogens is 270 g/mol. The third-order valence-electron chi connectivity index (χ3n) is 2.35. The van der Waals surface area contributed by atoms with Crippen molar-refractivity contribution in [2.24, 2.45) is 0 Å². The van der Waals surface area contributed by atoms with Gasteiger partial charge in [-0.3, -0.25) is 9.59 Å². The Labute approximate surface area is 109 Å². The van der Waals surface area contributed by atoms with Gasteiger partial charge >= 0.3 is 10.1 Å². The number of imide groups is 1. The van der Waals surface area contributed by atoms with Crippen LogP contribution in [0.3, 0.4) is 0 Å². The molecule has 0 N–H and O–H groups in total. The molecule has 6 nitrogen and oxygen atoms in total. The summed E-state index contributed by atoms with van der Waals surface area (Å²) in [5.74, 6) is -1.67. The molecule has 0 radical (unpaired) electrons. The average Bonchev–Trinajstić information content (AvgIpc) is 2.70. The van der Waals surface area contributed by atoms with Crippen molar-refractivity contribution in [2.45, 2.75) is 4.90 Å². The molecule has 98 valence electrons. The second-order valence-corrected chi connectivity index (χ2v) is 5.13. The predicted octanol–water partition coefficient (Wildman–Crippen LogP) is 0.875. The summed E-state index contributed by atoms with van der Waals surface area (Å²) in [5.41, 5.74) is 0.731. The summed E-state index contributed by atoms with van der Waals surface area (Å²) in [5, 5.41) is 0.191. The fraction of sp³-hybridized carbons (Fsp3) is 0. The molecule has 1 aromatic rings. The van der Waals surface area contributed by atoms with Crippen LogP contribution in [-0.2, 0) is 24.0 Å². The highest BCUT2D eigenvalue weighted by molar-refractivity contribution is 7.86. The maximum atomic E-state index is 11.9. The van der Waals surface area contributed by atoms with Gasteiger partial charge in [0.15, 0.2) is 0 Å². The van der Waals surface area contributed by atoms with E-state index >= 15 is 0 Å². The van der Waals surface area contributed by atoms with Crippen LogP contribution in [0.1, 0.15) is 5.56 Å². The Morgan fingerprint density at radius 3 is 2.05 bits per heavy atom. The normalized spacial score (nSPS) is 15.1. The Hall–Kier alpha value is -2.25. The van der Waals surface area contributed by atoms with Gasteiger partial charge in [0.2, 0.25) is 0 Å². The molecule has 0 aliphatic carbocycles. The highest BCUT2D eigenvalue weighted by Gasteiger charge is 2.31.